The first-order valence-electron chi connectivity index (χ1n) is 33.5. The van der Waals surface area contributed by atoms with E-state index in [1.54, 1.807) is 84.6 Å². The zero-order valence-electron chi connectivity index (χ0n) is 61.2. The number of ether oxygens (including phenoxy) is 8. The Labute approximate surface area is 593 Å². The van der Waals surface area contributed by atoms with E-state index in [0.717, 1.165) is 11.1 Å². The van der Waals surface area contributed by atoms with Gasteiger partial charge >= 0.3 is 24.2 Å². The van der Waals surface area contributed by atoms with Gasteiger partial charge in [0.15, 0.2) is 52.1 Å². The topological polar surface area (TPSA) is 278 Å². The first-order valence-corrected chi connectivity index (χ1v) is 39.3. The Bertz CT molecular complexity index is 3910. The number of hydrogen-bond donors (Lipinski definition) is 3. The molecule has 8 rings (SSSR count). The third kappa shape index (κ3) is 17.5. The Balaban J connectivity index is 1.10. The number of hydrogen-bond acceptors (Lipinski definition) is 18. The minimum atomic E-state index is -2.82. The molecule has 27 heteroatoms. The zero-order chi connectivity index (χ0) is 74.4. The van der Waals surface area contributed by atoms with Crippen LogP contribution in [0.3, 0.4) is 0 Å². The van der Waals surface area contributed by atoms with Gasteiger partial charge in [-0.25, -0.2) is 29.0 Å². The number of nitrogens with one attached hydrogen (secondary N) is 3. The molecule has 0 saturated carbocycles. The summed E-state index contributed by atoms with van der Waals surface area (Å²) in [6, 6.07) is 14.3. The van der Waals surface area contributed by atoms with Crippen LogP contribution in [-0.2, 0) is 57.2 Å². The standard InChI is InChI=1S/C74H97N7O18Si2/c1-21-27-93-70(87)77-62(43(3)4)64(83)75-46(7)63(82)76-51-25-23-47(24-26-51)40-97-72(89)81-55-37-61(59(91-15)35-53(55)66(85)79-39-45(6)30-57(79)68(81)99-101(19,20)74(11,12)13)96-42-49-31-48(32-50(33-49)69(86)92-16)41-95-60-36-54-52(34-58(60)90-14)65(84)78-38-44(5)29-56(78)67(80(54)71(88)94-28-22-2)98-100(17,18)73(8,9)10/h21-26,31-39,43,46,56-57,62,67-68H,1-2,27-30,40-42H2,3-20H3,(H,75,83)(H,76,82)(H,77,87)/t46-,56-,57-,62-,67-,68-/m0/s1. The molecule has 3 N–H and O–H groups in total. The predicted molar refractivity (Wildman–Crippen MR) is 386 cm³/mol. The van der Waals surface area contributed by atoms with Crippen LogP contribution in [0, 0.1) is 5.92 Å². The summed E-state index contributed by atoms with van der Waals surface area (Å²) in [7, 11) is -1.40. The van der Waals surface area contributed by atoms with Crippen molar-refractivity contribution in [3.8, 4) is 23.0 Å². The van der Waals surface area contributed by atoms with Crippen molar-refractivity contribution in [1.29, 1.82) is 0 Å². The molecule has 7 amide bonds. The quantitative estimate of drug-likeness (QED) is 0.0241. The number of benzene rings is 4. The third-order valence-corrected chi connectivity index (χ3v) is 27.9. The Morgan fingerprint density at radius 1 is 0.584 bits per heavy atom. The van der Waals surface area contributed by atoms with E-state index in [2.05, 4.69) is 96.8 Å². The molecule has 0 aliphatic carbocycles. The second-order valence-corrected chi connectivity index (χ2v) is 38.4. The Hall–Kier alpha value is -9.45. The van der Waals surface area contributed by atoms with Gasteiger partial charge in [-0.05, 0) is 135 Å². The number of methoxy groups -OCH3 is 3. The number of alkyl carbamates (subject to hydrolysis) is 1. The molecule has 25 nitrogen and oxygen atoms in total. The molecule has 4 heterocycles. The molecular formula is C74H97N7O18Si2. The van der Waals surface area contributed by atoms with Crippen LogP contribution in [0.25, 0.3) is 0 Å². The first kappa shape index (κ1) is 77.3. The second-order valence-electron chi connectivity index (χ2n) is 28.9. The minimum Gasteiger partial charge on any atom is -0.493 e. The number of carbonyl (C=O) groups is 8. The summed E-state index contributed by atoms with van der Waals surface area (Å²) in [5.74, 6) is -2.39. The fourth-order valence-corrected chi connectivity index (χ4v) is 13.9. The summed E-state index contributed by atoms with van der Waals surface area (Å²) in [6.45, 7) is 36.0. The van der Waals surface area contributed by atoms with Crippen LogP contribution in [0.15, 0.2) is 116 Å². The van der Waals surface area contributed by atoms with E-state index in [0.29, 0.717) is 35.2 Å². The summed E-state index contributed by atoms with van der Waals surface area (Å²) < 4.78 is 61.6. The lowest BCUT2D eigenvalue weighted by Crippen LogP contribution is -2.57. The maximum atomic E-state index is 15.3. The molecule has 0 unspecified atom stereocenters. The normalized spacial score (nSPS) is 18.0. The van der Waals surface area contributed by atoms with Crippen LogP contribution in [0.1, 0.15) is 137 Å². The van der Waals surface area contributed by atoms with E-state index in [1.807, 2.05) is 13.8 Å². The van der Waals surface area contributed by atoms with E-state index in [-0.39, 0.29) is 106 Å². The van der Waals surface area contributed by atoms with Crippen molar-refractivity contribution in [1.82, 2.24) is 20.4 Å². The number of carbonyl (C=O) groups excluding carboxylic acids is 8. The Morgan fingerprint density at radius 3 is 1.47 bits per heavy atom. The monoisotopic (exact) mass is 1430 g/mol. The third-order valence-electron chi connectivity index (χ3n) is 19.0. The van der Waals surface area contributed by atoms with Gasteiger partial charge < -0.3 is 72.5 Å². The van der Waals surface area contributed by atoms with Crippen molar-refractivity contribution in [2.75, 3.05) is 49.7 Å². The minimum absolute atomic E-state index is 0.0478. The molecule has 0 aromatic heterocycles. The van der Waals surface area contributed by atoms with Gasteiger partial charge in [0.25, 0.3) is 11.8 Å². The average Bonchev–Trinajstić information content (AvgIpc) is 1.63. The molecule has 4 aromatic carbocycles. The number of nitrogens with zero attached hydrogens (tertiary/aromatic N) is 4. The van der Waals surface area contributed by atoms with E-state index in [1.165, 1.54) is 68.4 Å². The van der Waals surface area contributed by atoms with Crippen LogP contribution in [0.5, 0.6) is 23.0 Å². The molecule has 0 fully saturated rings. The number of anilines is 3. The van der Waals surface area contributed by atoms with Crippen molar-refractivity contribution < 1.29 is 85.1 Å². The van der Waals surface area contributed by atoms with Crippen LogP contribution in [0.4, 0.5) is 31.4 Å². The summed E-state index contributed by atoms with van der Waals surface area (Å²) >= 11 is 0. The van der Waals surface area contributed by atoms with Crippen molar-refractivity contribution in [3.63, 3.8) is 0 Å². The Morgan fingerprint density at radius 2 is 1.04 bits per heavy atom. The van der Waals surface area contributed by atoms with E-state index in [9.17, 15) is 28.8 Å². The van der Waals surface area contributed by atoms with Crippen LogP contribution in [0.2, 0.25) is 36.3 Å². The van der Waals surface area contributed by atoms with Crippen LogP contribution >= 0.6 is 0 Å². The van der Waals surface area contributed by atoms with Gasteiger partial charge in [0.05, 0.1) is 61.5 Å². The lowest BCUT2D eigenvalue weighted by atomic mass is 10.0. The fraction of sp³-hybridized carbons (Fsp3) is 0.459. The summed E-state index contributed by atoms with van der Waals surface area (Å²) in [6.07, 6.45) is 2.70. The highest BCUT2D eigenvalue weighted by molar-refractivity contribution is 6.74. The maximum absolute atomic E-state index is 15.3. The molecule has 0 spiro atoms. The molecule has 4 aliphatic rings. The molecule has 544 valence electrons. The van der Waals surface area contributed by atoms with Gasteiger partial charge in [-0.15, -0.1) is 0 Å². The SMILES string of the molecule is C=CCOC(=O)N[C@H](C(=O)N[C@@H](C)C(=O)Nc1ccc(COC(=O)N2c3cc(OCc4cc(COc5cc6c(cc5OC)C(=O)N5C=C(C)C[C@H]5[C@H](O[Si](C)(C)C(C)(C)C)N6C(=O)OCC=C)cc(C(=O)OC)c4)c(OC)cc3C(=O)N3C=C(C)C[C@H]3[C@@H]2O[Si](C)(C)C(C)(C)C)cc1)C(C)C. The molecule has 0 saturated heterocycles. The highest BCUT2D eigenvalue weighted by atomic mass is 28.4. The summed E-state index contributed by atoms with van der Waals surface area (Å²) in [5.41, 5.74) is 4.29. The molecule has 0 bridgehead atoms. The first-order chi connectivity index (χ1) is 47.5. The van der Waals surface area contributed by atoms with Gasteiger partial charge in [0.2, 0.25) is 11.8 Å². The van der Waals surface area contributed by atoms with Crippen LogP contribution < -0.4 is 44.7 Å². The van der Waals surface area contributed by atoms with E-state index < -0.39 is 95.2 Å². The molecule has 101 heavy (non-hydrogen) atoms. The smallest absolute Gasteiger partial charge is 0.416 e. The number of fused-ring (bicyclic) bond motifs is 4. The molecule has 4 aliphatic heterocycles. The van der Waals surface area contributed by atoms with Gasteiger partial charge in [0, 0.05) is 30.2 Å². The largest absolute Gasteiger partial charge is 0.493 e. The summed E-state index contributed by atoms with van der Waals surface area (Å²) in [5, 5.41) is 7.29. The van der Waals surface area contributed by atoms with E-state index >= 15 is 9.59 Å². The van der Waals surface area contributed by atoms with Crippen molar-refractivity contribution in [2.24, 2.45) is 5.92 Å². The predicted octanol–water partition coefficient (Wildman–Crippen LogP) is 13.3. The molecule has 6 atom stereocenters. The van der Waals surface area contributed by atoms with Crippen molar-refractivity contribution >= 4 is 81.6 Å². The Kier molecular flexibility index (Phi) is 24.2. The lowest BCUT2D eigenvalue weighted by Gasteiger charge is -2.44. The van der Waals surface area contributed by atoms with Crippen molar-refractivity contribution in [3.05, 3.63) is 149 Å². The lowest BCUT2D eigenvalue weighted by molar-refractivity contribution is -0.128. The van der Waals surface area contributed by atoms with Gasteiger partial charge in [-0.3, -0.25) is 19.2 Å². The highest BCUT2D eigenvalue weighted by Crippen LogP contribution is 2.48. The maximum Gasteiger partial charge on any atom is 0.416 e. The van der Waals surface area contributed by atoms with Gasteiger partial charge in [-0.2, -0.15) is 0 Å². The molecular weight excluding hydrogens is 1330 g/mol. The number of rotatable bonds is 25. The average molecular weight is 1430 g/mol. The van der Waals surface area contributed by atoms with Gasteiger partial charge in [0.1, 0.15) is 45.1 Å². The molecule has 0 radical (unpaired) electrons. The highest BCUT2D eigenvalue weighted by Gasteiger charge is 2.53. The van der Waals surface area contributed by atoms with Crippen molar-refractivity contribution in [2.45, 2.75) is 182 Å². The summed E-state index contributed by atoms with van der Waals surface area (Å²) in [4.78, 5) is 118. The zero-order valence-corrected chi connectivity index (χ0v) is 63.2. The fourth-order valence-electron chi connectivity index (χ4n) is 11.5. The molecule has 4 aromatic rings. The number of amides is 7. The second kappa shape index (κ2) is 31.6. The van der Waals surface area contributed by atoms with Gasteiger partial charge in [-0.1, -0.05) is 104 Å². The van der Waals surface area contributed by atoms with E-state index in [4.69, 9.17) is 46.7 Å². The number of esters is 1. The van der Waals surface area contributed by atoms with Crippen LogP contribution in [-0.4, -0.2) is 145 Å².